The van der Waals surface area contributed by atoms with Gasteiger partial charge in [0.15, 0.2) is 0 Å². The molecule has 150 valence electrons. The quantitative estimate of drug-likeness (QED) is 0.727. The zero-order valence-corrected chi connectivity index (χ0v) is 17.9. The molecule has 8 heteroatoms. The van der Waals surface area contributed by atoms with Gasteiger partial charge in [0.2, 0.25) is 15.9 Å². The normalized spacial score (nSPS) is 20.7. The Kier molecular flexibility index (Phi) is 6.21. The number of nitrogens with zero attached hydrogens (tertiary/aromatic N) is 1. The van der Waals surface area contributed by atoms with Crippen LogP contribution in [0, 0.1) is 11.2 Å². The number of sulfonamides is 1. The first-order valence-corrected chi connectivity index (χ1v) is 11.2. The van der Waals surface area contributed by atoms with Crippen LogP contribution in [0.3, 0.4) is 0 Å². The Bertz CT molecular complexity index is 966. The fourth-order valence-electron chi connectivity index (χ4n) is 3.38. The van der Waals surface area contributed by atoms with Crippen LogP contribution in [0.25, 0.3) is 0 Å². The Labute approximate surface area is 173 Å². The molecule has 1 amide bonds. The first-order valence-electron chi connectivity index (χ1n) is 8.99. The van der Waals surface area contributed by atoms with Gasteiger partial charge in [-0.25, -0.2) is 12.8 Å². The van der Waals surface area contributed by atoms with E-state index < -0.39 is 15.4 Å². The van der Waals surface area contributed by atoms with Gasteiger partial charge in [0.25, 0.3) is 0 Å². The molecule has 1 atom stereocenters. The monoisotopic (exact) mass is 468 g/mol. The molecule has 0 spiro atoms. The largest absolute Gasteiger partial charge is 0.352 e. The lowest BCUT2D eigenvalue weighted by Gasteiger charge is -2.38. The number of benzene rings is 2. The van der Waals surface area contributed by atoms with Crippen LogP contribution in [0.4, 0.5) is 4.39 Å². The number of hydrogen-bond donors (Lipinski definition) is 1. The molecule has 3 rings (SSSR count). The van der Waals surface area contributed by atoms with Gasteiger partial charge in [0.1, 0.15) is 5.82 Å². The molecule has 0 aliphatic carbocycles. The van der Waals surface area contributed by atoms with E-state index in [0.717, 1.165) is 4.47 Å². The van der Waals surface area contributed by atoms with Crippen molar-refractivity contribution in [2.24, 2.45) is 5.41 Å². The van der Waals surface area contributed by atoms with Gasteiger partial charge in [-0.2, -0.15) is 4.31 Å². The SMILES string of the molecule is C[C@@]1(C(=O)NCc2cccc(F)c2)CCCN(S(=O)(=O)c2ccc(Br)cc2)C1. The zero-order valence-electron chi connectivity index (χ0n) is 15.5. The van der Waals surface area contributed by atoms with Crippen molar-refractivity contribution in [3.63, 3.8) is 0 Å². The molecule has 2 aromatic rings. The van der Waals surface area contributed by atoms with E-state index in [4.69, 9.17) is 0 Å². The van der Waals surface area contributed by atoms with E-state index in [-0.39, 0.29) is 29.7 Å². The highest BCUT2D eigenvalue weighted by atomic mass is 79.9. The number of nitrogens with one attached hydrogen (secondary N) is 1. The smallest absolute Gasteiger partial charge is 0.243 e. The van der Waals surface area contributed by atoms with Gasteiger partial charge < -0.3 is 5.32 Å². The molecule has 1 aliphatic heterocycles. The Morgan fingerprint density at radius 2 is 1.96 bits per heavy atom. The fraction of sp³-hybridized carbons (Fsp3) is 0.350. The van der Waals surface area contributed by atoms with Gasteiger partial charge in [0, 0.05) is 24.1 Å². The topological polar surface area (TPSA) is 66.5 Å². The van der Waals surface area contributed by atoms with E-state index in [1.54, 1.807) is 43.3 Å². The first kappa shape index (κ1) is 21.0. The Morgan fingerprint density at radius 3 is 2.64 bits per heavy atom. The predicted molar refractivity (Wildman–Crippen MR) is 108 cm³/mol. The van der Waals surface area contributed by atoms with Crippen molar-refractivity contribution in [3.05, 3.63) is 64.4 Å². The number of carbonyl (C=O) groups is 1. The van der Waals surface area contributed by atoms with E-state index in [1.165, 1.54) is 16.4 Å². The lowest BCUT2D eigenvalue weighted by molar-refractivity contribution is -0.132. The summed E-state index contributed by atoms with van der Waals surface area (Å²) in [4.78, 5) is 13.0. The van der Waals surface area contributed by atoms with Crippen molar-refractivity contribution in [1.82, 2.24) is 9.62 Å². The summed E-state index contributed by atoms with van der Waals surface area (Å²) >= 11 is 3.30. The van der Waals surface area contributed by atoms with Crippen molar-refractivity contribution in [2.45, 2.75) is 31.2 Å². The van der Waals surface area contributed by atoms with Crippen LogP contribution in [0.15, 0.2) is 57.9 Å². The molecule has 0 bridgehead atoms. The highest BCUT2D eigenvalue weighted by Crippen LogP contribution is 2.33. The minimum Gasteiger partial charge on any atom is -0.352 e. The lowest BCUT2D eigenvalue weighted by Crippen LogP contribution is -2.51. The highest BCUT2D eigenvalue weighted by molar-refractivity contribution is 9.10. The van der Waals surface area contributed by atoms with Gasteiger partial charge >= 0.3 is 0 Å². The maximum Gasteiger partial charge on any atom is 0.243 e. The maximum atomic E-state index is 13.3. The van der Waals surface area contributed by atoms with E-state index in [2.05, 4.69) is 21.2 Å². The molecule has 1 heterocycles. The van der Waals surface area contributed by atoms with Crippen LogP contribution in [0.5, 0.6) is 0 Å². The second kappa shape index (κ2) is 8.31. The van der Waals surface area contributed by atoms with Crippen LogP contribution in [0.1, 0.15) is 25.3 Å². The summed E-state index contributed by atoms with van der Waals surface area (Å²) in [6.07, 6.45) is 1.19. The minimum absolute atomic E-state index is 0.111. The van der Waals surface area contributed by atoms with Crippen LogP contribution in [-0.4, -0.2) is 31.7 Å². The summed E-state index contributed by atoms with van der Waals surface area (Å²) in [7, 11) is -3.67. The predicted octanol–water partition coefficient (Wildman–Crippen LogP) is 3.70. The summed E-state index contributed by atoms with van der Waals surface area (Å²) in [6, 6.07) is 12.5. The maximum absolute atomic E-state index is 13.3. The highest BCUT2D eigenvalue weighted by Gasteiger charge is 2.41. The third-order valence-electron chi connectivity index (χ3n) is 5.00. The molecule has 2 aromatic carbocycles. The molecule has 0 aromatic heterocycles. The van der Waals surface area contributed by atoms with E-state index in [1.807, 2.05) is 0 Å². The number of hydrogen-bond acceptors (Lipinski definition) is 3. The summed E-state index contributed by atoms with van der Waals surface area (Å²) in [5.74, 6) is -0.588. The minimum atomic E-state index is -3.67. The van der Waals surface area contributed by atoms with Crippen molar-refractivity contribution >= 4 is 31.9 Å². The molecule has 0 radical (unpaired) electrons. The summed E-state index contributed by atoms with van der Waals surface area (Å²) < 4.78 is 41.4. The molecule has 1 fully saturated rings. The summed E-state index contributed by atoms with van der Waals surface area (Å²) in [5.41, 5.74) is -0.180. The van der Waals surface area contributed by atoms with E-state index in [9.17, 15) is 17.6 Å². The molecule has 5 nitrogen and oxygen atoms in total. The number of halogens is 2. The summed E-state index contributed by atoms with van der Waals surface area (Å²) in [6.45, 7) is 2.47. The van der Waals surface area contributed by atoms with Crippen LogP contribution < -0.4 is 5.32 Å². The van der Waals surface area contributed by atoms with Gasteiger partial charge in [0.05, 0.1) is 10.3 Å². The summed E-state index contributed by atoms with van der Waals surface area (Å²) in [5, 5.41) is 2.82. The van der Waals surface area contributed by atoms with Gasteiger partial charge in [-0.1, -0.05) is 28.1 Å². The second-order valence-electron chi connectivity index (χ2n) is 7.27. The Morgan fingerprint density at radius 1 is 1.25 bits per heavy atom. The van der Waals surface area contributed by atoms with Crippen LogP contribution in [0.2, 0.25) is 0 Å². The third-order valence-corrected chi connectivity index (χ3v) is 7.39. The molecular weight excluding hydrogens is 447 g/mol. The first-order chi connectivity index (χ1) is 13.2. The number of amides is 1. The van der Waals surface area contributed by atoms with E-state index in [0.29, 0.717) is 24.9 Å². The van der Waals surface area contributed by atoms with E-state index >= 15 is 0 Å². The molecule has 0 saturated carbocycles. The average molecular weight is 469 g/mol. The average Bonchev–Trinajstić information content (AvgIpc) is 2.66. The molecule has 28 heavy (non-hydrogen) atoms. The third kappa shape index (κ3) is 4.61. The molecule has 1 N–H and O–H groups in total. The van der Waals surface area contributed by atoms with Crippen molar-refractivity contribution in [2.75, 3.05) is 13.1 Å². The van der Waals surface area contributed by atoms with Crippen molar-refractivity contribution in [3.8, 4) is 0 Å². The second-order valence-corrected chi connectivity index (χ2v) is 10.1. The Balaban J connectivity index is 1.71. The zero-order chi connectivity index (χ0) is 20.4. The molecule has 0 unspecified atom stereocenters. The van der Waals surface area contributed by atoms with Crippen LogP contribution >= 0.6 is 15.9 Å². The van der Waals surface area contributed by atoms with Gasteiger partial charge in [-0.15, -0.1) is 0 Å². The molecule has 1 saturated heterocycles. The fourth-order valence-corrected chi connectivity index (χ4v) is 5.25. The molecular formula is C20H22BrFN2O3S. The Hall–Kier alpha value is -1.77. The van der Waals surface area contributed by atoms with Crippen LogP contribution in [-0.2, 0) is 21.4 Å². The van der Waals surface area contributed by atoms with Crippen molar-refractivity contribution in [1.29, 1.82) is 0 Å². The standard InChI is InChI=1S/C20H22BrFN2O3S/c1-20(19(25)23-13-15-4-2-5-17(22)12-15)10-3-11-24(14-20)28(26,27)18-8-6-16(21)7-9-18/h2,4-9,12H,3,10-11,13-14H2,1H3,(H,23,25)/t20-/m1/s1. The number of rotatable bonds is 5. The van der Waals surface area contributed by atoms with Crippen molar-refractivity contribution < 1.29 is 17.6 Å². The number of piperidine rings is 1. The van der Waals surface area contributed by atoms with Gasteiger partial charge in [-0.3, -0.25) is 4.79 Å². The molecule has 1 aliphatic rings. The lowest BCUT2D eigenvalue weighted by atomic mass is 9.82. The number of carbonyl (C=O) groups excluding carboxylic acids is 1. The van der Waals surface area contributed by atoms with Gasteiger partial charge in [-0.05, 0) is 61.7 Å².